The van der Waals surface area contributed by atoms with Crippen molar-refractivity contribution in [3.63, 3.8) is 0 Å². The molecule has 0 bridgehead atoms. The lowest BCUT2D eigenvalue weighted by Crippen LogP contribution is -2.12. The average molecular weight is 448 g/mol. The Morgan fingerprint density at radius 2 is 1.61 bits per heavy atom. The minimum atomic E-state index is -0.943. The number of rotatable bonds is 5. The summed E-state index contributed by atoms with van der Waals surface area (Å²) >= 11 is 0. The first-order valence-electron chi connectivity index (χ1n) is 9.97. The van der Waals surface area contributed by atoms with Crippen molar-refractivity contribution >= 4 is 16.9 Å². The predicted molar refractivity (Wildman–Crippen MR) is 119 cm³/mol. The van der Waals surface area contributed by atoms with Gasteiger partial charge in [-0.05, 0) is 17.7 Å². The van der Waals surface area contributed by atoms with Gasteiger partial charge in [0.2, 0.25) is 5.75 Å². The van der Waals surface area contributed by atoms with Crippen molar-refractivity contribution < 1.29 is 34.4 Å². The first-order chi connectivity index (χ1) is 15.8. The zero-order valence-corrected chi connectivity index (χ0v) is 17.5. The maximum Gasteiger partial charge on any atom is 0.306 e. The minimum absolute atomic E-state index is 0.0175. The molecular formula is C25H20O8. The van der Waals surface area contributed by atoms with E-state index in [1.54, 1.807) is 30.3 Å². The number of aromatic hydroxyl groups is 4. The van der Waals surface area contributed by atoms with Crippen LogP contribution in [-0.4, -0.2) is 33.5 Å². The molecule has 0 saturated carbocycles. The maximum absolute atomic E-state index is 13.0. The zero-order valence-electron chi connectivity index (χ0n) is 17.5. The quantitative estimate of drug-likeness (QED) is 0.266. The Labute approximate surface area is 187 Å². The van der Waals surface area contributed by atoms with Gasteiger partial charge in [0.25, 0.3) is 0 Å². The monoisotopic (exact) mass is 448 g/mol. The highest BCUT2D eigenvalue weighted by Gasteiger charge is 2.31. The second kappa shape index (κ2) is 8.58. The van der Waals surface area contributed by atoms with Crippen molar-refractivity contribution in [2.75, 3.05) is 7.11 Å². The molecule has 0 aliphatic heterocycles. The Morgan fingerprint density at radius 1 is 0.939 bits per heavy atom. The number of benzene rings is 3. The highest BCUT2D eigenvalue weighted by atomic mass is 16.5. The molecule has 0 radical (unpaired) electrons. The molecule has 0 unspecified atom stereocenters. The summed E-state index contributed by atoms with van der Waals surface area (Å²) in [5, 5.41) is 41.0. The molecule has 0 saturated heterocycles. The molecule has 4 rings (SSSR count). The van der Waals surface area contributed by atoms with Crippen molar-refractivity contribution in [3.8, 4) is 34.3 Å². The van der Waals surface area contributed by atoms with Gasteiger partial charge < -0.3 is 29.6 Å². The molecule has 168 valence electrons. The molecule has 4 N–H and O–H groups in total. The van der Waals surface area contributed by atoms with Crippen LogP contribution < -0.4 is 5.43 Å². The third kappa shape index (κ3) is 3.94. The van der Waals surface area contributed by atoms with Crippen LogP contribution in [0.1, 0.15) is 23.5 Å². The molecule has 0 spiro atoms. The van der Waals surface area contributed by atoms with Crippen molar-refractivity contribution in [2.24, 2.45) is 0 Å². The number of phenolic OH excluding ortho intramolecular Hbond substituents is 4. The van der Waals surface area contributed by atoms with E-state index in [0.717, 1.165) is 0 Å². The van der Waals surface area contributed by atoms with E-state index in [-0.39, 0.29) is 34.5 Å². The van der Waals surface area contributed by atoms with Gasteiger partial charge in [-0.15, -0.1) is 0 Å². The van der Waals surface area contributed by atoms with Gasteiger partial charge in [-0.2, -0.15) is 0 Å². The van der Waals surface area contributed by atoms with Crippen molar-refractivity contribution in [2.45, 2.75) is 12.3 Å². The van der Waals surface area contributed by atoms with Gasteiger partial charge in [0.15, 0.2) is 16.9 Å². The number of esters is 1. The lowest BCUT2D eigenvalue weighted by atomic mass is 9.86. The molecule has 3 aromatic carbocycles. The van der Waals surface area contributed by atoms with E-state index >= 15 is 0 Å². The molecule has 4 aromatic rings. The summed E-state index contributed by atoms with van der Waals surface area (Å²) in [6.07, 6.45) is -0.284. The average Bonchev–Trinajstić information content (AvgIpc) is 2.82. The van der Waals surface area contributed by atoms with Crippen LogP contribution in [0.3, 0.4) is 0 Å². The number of hydrogen-bond acceptors (Lipinski definition) is 8. The summed E-state index contributed by atoms with van der Waals surface area (Å²) in [5.41, 5.74) is 0.130. The Hall–Kier alpha value is -4.46. The summed E-state index contributed by atoms with van der Waals surface area (Å²) < 4.78 is 10.8. The Morgan fingerprint density at radius 3 is 2.24 bits per heavy atom. The third-order valence-electron chi connectivity index (χ3n) is 5.43. The number of fused-ring (bicyclic) bond motifs is 1. The van der Waals surface area contributed by atoms with Crippen molar-refractivity contribution in [1.82, 2.24) is 0 Å². The summed E-state index contributed by atoms with van der Waals surface area (Å²) in [6, 6.07) is 15.7. The highest BCUT2D eigenvalue weighted by molar-refractivity contribution is 5.93. The standard InChI is InChI=1S/C25H20O8/c1-32-19(28)11-16(13-7-9-15(26)10-8-13)20-22(29)24(31)23(30)21-17(27)12-18(33-25(20)21)14-5-3-2-4-6-14/h2-10,12,16,26,29-31H,11H2,1H3/t16-/m1/s1. The van der Waals surface area contributed by atoms with Crippen LogP contribution in [0.15, 0.2) is 69.9 Å². The summed E-state index contributed by atoms with van der Waals surface area (Å²) in [7, 11) is 1.20. The molecule has 33 heavy (non-hydrogen) atoms. The molecule has 1 heterocycles. The third-order valence-corrected chi connectivity index (χ3v) is 5.43. The maximum atomic E-state index is 13.0. The van der Waals surface area contributed by atoms with Gasteiger partial charge in [-0.25, -0.2) is 0 Å². The molecule has 1 atom stereocenters. The summed E-state index contributed by atoms with van der Waals surface area (Å²) in [6.45, 7) is 0. The van der Waals surface area contributed by atoms with E-state index in [9.17, 15) is 30.0 Å². The van der Waals surface area contributed by atoms with Crippen LogP contribution in [0, 0.1) is 0 Å². The SMILES string of the molecule is COC(=O)C[C@H](c1ccc(O)cc1)c1c(O)c(O)c(O)c2c(=O)cc(-c3ccccc3)oc12. The topological polar surface area (TPSA) is 137 Å². The Bertz CT molecular complexity index is 1390. The molecular weight excluding hydrogens is 428 g/mol. The van der Waals surface area contributed by atoms with Gasteiger partial charge in [-0.3, -0.25) is 9.59 Å². The Balaban J connectivity index is 2.08. The van der Waals surface area contributed by atoms with Crippen LogP contribution in [-0.2, 0) is 9.53 Å². The van der Waals surface area contributed by atoms with Crippen molar-refractivity contribution in [3.05, 3.63) is 82.0 Å². The first kappa shape index (κ1) is 21.8. The second-order valence-corrected chi connectivity index (χ2v) is 7.43. The van der Waals surface area contributed by atoms with E-state index in [1.807, 2.05) is 0 Å². The van der Waals surface area contributed by atoms with E-state index < -0.39 is 34.6 Å². The largest absolute Gasteiger partial charge is 0.508 e. The predicted octanol–water partition coefficient (Wildman–Crippen LogP) is 3.98. The lowest BCUT2D eigenvalue weighted by molar-refractivity contribution is -0.140. The molecule has 0 fully saturated rings. The Kier molecular flexibility index (Phi) is 5.66. The molecule has 0 aliphatic rings. The van der Waals surface area contributed by atoms with Gasteiger partial charge >= 0.3 is 5.97 Å². The second-order valence-electron chi connectivity index (χ2n) is 7.43. The van der Waals surface area contributed by atoms with Crippen molar-refractivity contribution in [1.29, 1.82) is 0 Å². The fourth-order valence-electron chi connectivity index (χ4n) is 3.78. The molecule has 0 aliphatic carbocycles. The molecule has 8 heteroatoms. The zero-order chi connectivity index (χ0) is 23.7. The van der Waals surface area contributed by atoms with Gasteiger partial charge in [0.05, 0.1) is 13.5 Å². The van der Waals surface area contributed by atoms with Crippen LogP contribution in [0.5, 0.6) is 23.0 Å². The minimum Gasteiger partial charge on any atom is -0.508 e. The van der Waals surface area contributed by atoms with E-state index in [0.29, 0.717) is 11.1 Å². The smallest absolute Gasteiger partial charge is 0.306 e. The molecule has 1 aromatic heterocycles. The first-order valence-corrected chi connectivity index (χ1v) is 9.97. The van der Waals surface area contributed by atoms with Crippen LogP contribution >= 0.6 is 0 Å². The number of hydrogen-bond donors (Lipinski definition) is 4. The van der Waals surface area contributed by atoms with Gasteiger partial charge in [-0.1, -0.05) is 42.5 Å². The highest BCUT2D eigenvalue weighted by Crippen LogP contribution is 2.49. The number of ether oxygens (including phenoxy) is 1. The molecule has 0 amide bonds. The van der Waals surface area contributed by atoms with Gasteiger partial charge in [0.1, 0.15) is 22.5 Å². The van der Waals surface area contributed by atoms with Crippen LogP contribution in [0.25, 0.3) is 22.3 Å². The number of phenols is 4. The van der Waals surface area contributed by atoms with E-state index in [4.69, 9.17) is 9.15 Å². The number of methoxy groups -OCH3 is 1. The van der Waals surface area contributed by atoms with Gasteiger partial charge in [0, 0.05) is 23.1 Å². The van der Waals surface area contributed by atoms with E-state index in [2.05, 4.69) is 0 Å². The number of carbonyl (C=O) groups is 1. The summed E-state index contributed by atoms with van der Waals surface area (Å²) in [5.74, 6) is -3.91. The molecule has 8 nitrogen and oxygen atoms in total. The van der Waals surface area contributed by atoms with Crippen LogP contribution in [0.2, 0.25) is 0 Å². The lowest BCUT2D eigenvalue weighted by Gasteiger charge is -2.21. The van der Waals surface area contributed by atoms with Crippen LogP contribution in [0.4, 0.5) is 0 Å². The fourth-order valence-corrected chi connectivity index (χ4v) is 3.78. The number of carbonyl (C=O) groups excluding carboxylic acids is 1. The fraction of sp³-hybridized carbons (Fsp3) is 0.120. The normalized spacial score (nSPS) is 11.9. The summed E-state index contributed by atoms with van der Waals surface area (Å²) in [4.78, 5) is 25.2. The van der Waals surface area contributed by atoms with E-state index in [1.165, 1.54) is 37.4 Å².